The van der Waals surface area contributed by atoms with Gasteiger partial charge >= 0.3 is 0 Å². The summed E-state index contributed by atoms with van der Waals surface area (Å²) in [5.41, 5.74) is 1.84. The van der Waals surface area contributed by atoms with Gasteiger partial charge in [0.1, 0.15) is 29.7 Å². The Hall–Kier alpha value is -2.43. The smallest absolute Gasteiger partial charge is 0.129 e. The second kappa shape index (κ2) is 9.08. The minimum absolute atomic E-state index is 0.00549. The topological polar surface area (TPSA) is 58.1 Å². The Labute approximate surface area is 196 Å². The molecular weight excluding hydrogens is 414 g/mol. The maximum absolute atomic E-state index is 12.2. The number of benzene rings is 1. The Balaban J connectivity index is 1.56. The molecule has 4 aliphatic heterocycles. The molecule has 2 bridgehead atoms. The Kier molecular flexibility index (Phi) is 6.15. The average molecular weight is 448 g/mol. The van der Waals surface area contributed by atoms with Crippen LogP contribution in [0.2, 0.25) is 0 Å². The molecule has 6 nitrogen and oxygen atoms in total. The summed E-state index contributed by atoms with van der Waals surface area (Å²) in [6, 6.07) is 14.1. The summed E-state index contributed by atoms with van der Waals surface area (Å²) in [5, 5.41) is 12.2. The van der Waals surface area contributed by atoms with Crippen LogP contribution in [0.5, 0.6) is 0 Å². The van der Waals surface area contributed by atoms with Gasteiger partial charge in [-0.2, -0.15) is 0 Å². The molecule has 4 saturated heterocycles. The van der Waals surface area contributed by atoms with Gasteiger partial charge in [0.25, 0.3) is 0 Å². The fraction of sp³-hybridized carbons (Fsp3) is 0.519. The van der Waals surface area contributed by atoms with Gasteiger partial charge in [0.15, 0.2) is 0 Å². The monoisotopic (exact) mass is 447 g/mol. The first-order valence-electron chi connectivity index (χ1n) is 11.9. The van der Waals surface area contributed by atoms with Crippen LogP contribution in [0.4, 0.5) is 5.82 Å². The van der Waals surface area contributed by atoms with Crippen LogP contribution in [0.1, 0.15) is 29.7 Å². The molecule has 0 amide bonds. The molecule has 2 aromatic rings. The first-order chi connectivity index (χ1) is 16.1. The number of rotatable bonds is 6. The van der Waals surface area contributed by atoms with Crippen LogP contribution in [0, 0.1) is 18.3 Å². The van der Waals surface area contributed by atoms with Crippen LogP contribution in [0.3, 0.4) is 0 Å². The van der Waals surface area contributed by atoms with Crippen LogP contribution in [0.25, 0.3) is 0 Å². The zero-order chi connectivity index (χ0) is 23.0. The first-order valence-corrected chi connectivity index (χ1v) is 11.9. The third-order valence-corrected chi connectivity index (χ3v) is 7.84. The van der Waals surface area contributed by atoms with Gasteiger partial charge in [-0.3, -0.25) is 4.90 Å². The van der Waals surface area contributed by atoms with Crippen LogP contribution in [0.15, 0.2) is 42.5 Å². The van der Waals surface area contributed by atoms with E-state index in [-0.39, 0.29) is 24.2 Å². The number of piperidine rings is 3. The molecule has 4 aliphatic rings. The van der Waals surface area contributed by atoms with Gasteiger partial charge in [-0.05, 0) is 43.5 Å². The van der Waals surface area contributed by atoms with E-state index in [9.17, 15) is 5.11 Å². The molecule has 4 fully saturated rings. The van der Waals surface area contributed by atoms with Gasteiger partial charge in [0, 0.05) is 39.3 Å². The lowest BCUT2D eigenvalue weighted by Gasteiger charge is -2.54. The van der Waals surface area contributed by atoms with E-state index >= 15 is 0 Å². The normalized spacial score (nSPS) is 33.3. The van der Waals surface area contributed by atoms with E-state index in [1.807, 2.05) is 24.3 Å². The Morgan fingerprint density at radius 2 is 1.73 bits per heavy atom. The third kappa shape index (κ3) is 3.83. The Bertz CT molecular complexity index is 1000. The molecule has 6 rings (SSSR count). The number of ether oxygens (including phenoxy) is 2. The van der Waals surface area contributed by atoms with Crippen LogP contribution >= 0.6 is 0 Å². The van der Waals surface area contributed by atoms with Crippen molar-refractivity contribution in [3.05, 3.63) is 59.3 Å². The lowest BCUT2D eigenvalue weighted by Crippen LogP contribution is -2.63. The minimum Gasteiger partial charge on any atom is -0.382 e. The molecule has 0 aliphatic carbocycles. The molecule has 0 spiro atoms. The van der Waals surface area contributed by atoms with Gasteiger partial charge < -0.3 is 19.5 Å². The number of terminal acetylenes is 1. The van der Waals surface area contributed by atoms with Crippen molar-refractivity contribution >= 4 is 5.82 Å². The number of methoxy groups -OCH3 is 2. The second-order valence-corrected chi connectivity index (χ2v) is 9.48. The van der Waals surface area contributed by atoms with E-state index in [4.69, 9.17) is 20.9 Å². The van der Waals surface area contributed by atoms with Gasteiger partial charge in [0.2, 0.25) is 0 Å². The molecule has 174 valence electrons. The molecule has 5 heterocycles. The number of hydrogen-bond acceptors (Lipinski definition) is 6. The number of anilines is 1. The van der Waals surface area contributed by atoms with Crippen LogP contribution in [-0.2, 0) is 21.5 Å². The fourth-order valence-corrected chi connectivity index (χ4v) is 6.04. The SMILES string of the molecule is C#CC1N2CCC(CC2)[C@@]1(O)c1ccc(N2C[C@@H](OC)[C@H](OC)C2)nc1Cc1ccccc1. The Morgan fingerprint density at radius 1 is 1.06 bits per heavy atom. The minimum atomic E-state index is -1.09. The third-order valence-electron chi connectivity index (χ3n) is 7.84. The lowest BCUT2D eigenvalue weighted by molar-refractivity contribution is -0.143. The molecule has 6 heteroatoms. The number of aromatic nitrogens is 1. The van der Waals surface area contributed by atoms with E-state index in [0.29, 0.717) is 6.42 Å². The summed E-state index contributed by atoms with van der Waals surface area (Å²) in [6.07, 6.45) is 8.56. The van der Waals surface area contributed by atoms with E-state index in [1.165, 1.54) is 0 Å². The van der Waals surface area contributed by atoms with Crippen molar-refractivity contribution in [3.63, 3.8) is 0 Å². The molecule has 0 radical (unpaired) electrons. The van der Waals surface area contributed by atoms with Crippen molar-refractivity contribution in [2.24, 2.45) is 5.92 Å². The van der Waals surface area contributed by atoms with Crippen LogP contribution in [-0.4, -0.2) is 73.6 Å². The highest BCUT2D eigenvalue weighted by molar-refractivity contribution is 5.48. The van der Waals surface area contributed by atoms with E-state index in [0.717, 1.165) is 61.7 Å². The molecule has 33 heavy (non-hydrogen) atoms. The molecule has 0 saturated carbocycles. The highest BCUT2D eigenvalue weighted by Gasteiger charge is 2.54. The first kappa shape index (κ1) is 22.4. The number of fused-ring (bicyclic) bond motifs is 3. The summed E-state index contributed by atoms with van der Waals surface area (Å²) in [5.74, 6) is 3.95. The number of hydrogen-bond donors (Lipinski definition) is 1. The van der Waals surface area contributed by atoms with Gasteiger partial charge in [-0.25, -0.2) is 4.98 Å². The predicted octanol–water partition coefficient (Wildman–Crippen LogP) is 2.44. The molecule has 1 aromatic heterocycles. The molecule has 1 aromatic carbocycles. The number of aliphatic hydroxyl groups is 1. The maximum atomic E-state index is 12.2. The zero-order valence-corrected chi connectivity index (χ0v) is 19.5. The number of pyridine rings is 1. The summed E-state index contributed by atoms with van der Waals surface area (Å²) < 4.78 is 11.3. The molecule has 1 N–H and O–H groups in total. The lowest BCUT2D eigenvalue weighted by atomic mass is 9.66. The average Bonchev–Trinajstić information content (AvgIpc) is 3.29. The highest BCUT2D eigenvalue weighted by Crippen LogP contribution is 2.48. The quantitative estimate of drug-likeness (QED) is 0.687. The van der Waals surface area contributed by atoms with Crippen molar-refractivity contribution in [2.75, 3.05) is 45.3 Å². The van der Waals surface area contributed by atoms with Crippen molar-refractivity contribution in [1.82, 2.24) is 9.88 Å². The molecule has 1 unspecified atom stereocenters. The van der Waals surface area contributed by atoms with Crippen molar-refractivity contribution < 1.29 is 14.6 Å². The zero-order valence-electron chi connectivity index (χ0n) is 19.5. The van der Waals surface area contributed by atoms with Gasteiger partial charge in [0.05, 0.1) is 5.69 Å². The van der Waals surface area contributed by atoms with Crippen molar-refractivity contribution in [2.45, 2.75) is 43.1 Å². The standard InChI is InChI=1S/C27H33N3O3/c1-4-25-27(31,20-12-14-29(25)15-13-20)21-10-11-26(30-17-23(32-2)24(18-30)33-3)28-22(21)16-19-8-6-5-7-9-19/h1,5-11,20,23-25,31H,12-18H2,2-3H3/t23-,24-,25?,27-/m1/s1. The van der Waals surface area contributed by atoms with E-state index < -0.39 is 5.60 Å². The van der Waals surface area contributed by atoms with Gasteiger partial charge in [-0.1, -0.05) is 42.3 Å². The Morgan fingerprint density at radius 3 is 2.33 bits per heavy atom. The summed E-state index contributed by atoms with van der Waals surface area (Å²) in [6.45, 7) is 3.34. The van der Waals surface area contributed by atoms with Crippen molar-refractivity contribution in [1.29, 1.82) is 0 Å². The largest absolute Gasteiger partial charge is 0.382 e. The van der Waals surface area contributed by atoms with Gasteiger partial charge in [-0.15, -0.1) is 6.42 Å². The summed E-state index contributed by atoms with van der Waals surface area (Å²) in [4.78, 5) is 9.59. The highest BCUT2D eigenvalue weighted by atomic mass is 16.5. The van der Waals surface area contributed by atoms with Crippen molar-refractivity contribution in [3.8, 4) is 12.3 Å². The van der Waals surface area contributed by atoms with Crippen LogP contribution < -0.4 is 4.90 Å². The predicted molar refractivity (Wildman–Crippen MR) is 128 cm³/mol. The van der Waals surface area contributed by atoms with E-state index in [1.54, 1.807) is 14.2 Å². The van der Waals surface area contributed by atoms with E-state index in [2.05, 4.69) is 33.9 Å². The molecule has 4 atom stereocenters. The fourth-order valence-electron chi connectivity index (χ4n) is 6.04. The summed E-state index contributed by atoms with van der Waals surface area (Å²) >= 11 is 0. The number of nitrogens with zero attached hydrogens (tertiary/aromatic N) is 3. The second-order valence-electron chi connectivity index (χ2n) is 9.48. The maximum Gasteiger partial charge on any atom is 0.129 e. The molecular formula is C27H33N3O3. The summed E-state index contributed by atoms with van der Waals surface area (Å²) in [7, 11) is 3.45.